The second kappa shape index (κ2) is 5.96. The molecule has 0 atom stereocenters. The van der Waals surface area contributed by atoms with Crippen molar-refractivity contribution in [2.75, 3.05) is 13.6 Å². The van der Waals surface area contributed by atoms with Crippen LogP contribution < -0.4 is 0 Å². The minimum atomic E-state index is -1.22. The molecule has 1 aliphatic heterocycles. The Morgan fingerprint density at radius 1 is 1.36 bits per heavy atom. The zero-order chi connectivity index (χ0) is 16.5. The fraction of sp³-hybridized carbons (Fsp3) is 0.400. The maximum Gasteiger partial charge on any atom is 0.418 e. The van der Waals surface area contributed by atoms with Crippen molar-refractivity contribution in [1.82, 2.24) is 9.80 Å². The highest BCUT2D eigenvalue weighted by Gasteiger charge is 2.47. The Labute approximate surface area is 133 Å². The van der Waals surface area contributed by atoms with E-state index in [0.717, 1.165) is 10.5 Å². The lowest BCUT2D eigenvalue weighted by atomic mass is 10.1. The number of halogens is 1. The number of benzene rings is 1. The third-order valence-corrected chi connectivity index (χ3v) is 3.59. The van der Waals surface area contributed by atoms with Crippen LogP contribution in [0.3, 0.4) is 0 Å². The van der Waals surface area contributed by atoms with E-state index < -0.39 is 17.6 Å². The smallest absolute Gasteiger partial charge is 0.418 e. The van der Waals surface area contributed by atoms with Crippen LogP contribution in [0.15, 0.2) is 24.3 Å². The first-order valence-electron chi connectivity index (χ1n) is 6.74. The molecule has 118 valence electrons. The maximum absolute atomic E-state index is 12.2. The quantitative estimate of drug-likeness (QED) is 0.850. The van der Waals surface area contributed by atoms with Gasteiger partial charge in [0.1, 0.15) is 6.54 Å². The van der Waals surface area contributed by atoms with Crippen molar-refractivity contribution in [3.8, 4) is 0 Å². The van der Waals surface area contributed by atoms with E-state index in [-0.39, 0.29) is 12.5 Å². The van der Waals surface area contributed by atoms with Gasteiger partial charge < -0.3 is 9.64 Å². The van der Waals surface area contributed by atoms with E-state index in [1.807, 2.05) is 6.07 Å². The highest BCUT2D eigenvalue weighted by Crippen LogP contribution is 2.23. The summed E-state index contributed by atoms with van der Waals surface area (Å²) >= 11 is 5.90. The van der Waals surface area contributed by atoms with Gasteiger partial charge in [-0.3, -0.25) is 9.59 Å². The molecule has 1 aromatic carbocycles. The molecular weight excluding hydrogens is 308 g/mol. The summed E-state index contributed by atoms with van der Waals surface area (Å²) in [5.74, 6) is -0.870. The number of cyclic esters (lactones) is 1. The first-order valence-corrected chi connectivity index (χ1v) is 7.12. The highest BCUT2D eigenvalue weighted by molar-refractivity contribution is 6.30. The Kier molecular flexibility index (Phi) is 4.42. The van der Waals surface area contributed by atoms with Gasteiger partial charge in [0, 0.05) is 18.6 Å². The number of imide groups is 1. The number of nitrogens with zero attached hydrogens (tertiary/aromatic N) is 2. The molecular formula is C15H17ClN2O4. The van der Waals surface area contributed by atoms with Crippen LogP contribution >= 0.6 is 11.6 Å². The Balaban J connectivity index is 2.00. The average Bonchev–Trinajstić information content (AvgIpc) is 2.60. The number of amides is 3. The van der Waals surface area contributed by atoms with Gasteiger partial charge in [-0.05, 0) is 31.5 Å². The lowest BCUT2D eigenvalue weighted by Crippen LogP contribution is -2.43. The van der Waals surface area contributed by atoms with E-state index in [1.54, 1.807) is 25.2 Å². The second-order valence-electron chi connectivity index (χ2n) is 5.65. The van der Waals surface area contributed by atoms with Crippen LogP contribution in [-0.2, 0) is 20.9 Å². The van der Waals surface area contributed by atoms with Crippen molar-refractivity contribution in [3.05, 3.63) is 34.9 Å². The molecule has 0 aromatic heterocycles. The van der Waals surface area contributed by atoms with Gasteiger partial charge in [0.25, 0.3) is 5.91 Å². The Bertz CT molecular complexity index is 630. The minimum absolute atomic E-state index is 0.333. The van der Waals surface area contributed by atoms with Crippen molar-refractivity contribution in [1.29, 1.82) is 0 Å². The summed E-state index contributed by atoms with van der Waals surface area (Å²) < 4.78 is 4.94. The van der Waals surface area contributed by atoms with Gasteiger partial charge in [-0.25, -0.2) is 9.69 Å². The molecule has 22 heavy (non-hydrogen) atoms. The van der Waals surface area contributed by atoms with Gasteiger partial charge >= 0.3 is 6.09 Å². The van der Waals surface area contributed by atoms with E-state index in [0.29, 0.717) is 11.6 Å². The van der Waals surface area contributed by atoms with Crippen LogP contribution in [0, 0.1) is 0 Å². The zero-order valence-electron chi connectivity index (χ0n) is 12.6. The molecule has 0 spiro atoms. The number of hydrogen-bond acceptors (Lipinski definition) is 4. The molecule has 1 aliphatic rings. The molecule has 0 radical (unpaired) electrons. The van der Waals surface area contributed by atoms with Crippen LogP contribution in [0.5, 0.6) is 0 Å². The highest BCUT2D eigenvalue weighted by atomic mass is 35.5. The Morgan fingerprint density at radius 3 is 2.59 bits per heavy atom. The zero-order valence-corrected chi connectivity index (χ0v) is 13.4. The summed E-state index contributed by atoms with van der Waals surface area (Å²) in [6, 6.07) is 7.13. The van der Waals surface area contributed by atoms with Gasteiger partial charge in [-0.1, -0.05) is 23.7 Å². The first-order chi connectivity index (χ1) is 10.2. The molecule has 0 bridgehead atoms. The summed E-state index contributed by atoms with van der Waals surface area (Å²) in [5, 5.41) is 0.582. The molecule has 0 unspecified atom stereocenters. The average molecular weight is 325 g/mol. The molecule has 1 saturated heterocycles. The van der Waals surface area contributed by atoms with E-state index in [9.17, 15) is 14.4 Å². The summed E-state index contributed by atoms with van der Waals surface area (Å²) in [6.07, 6.45) is -0.792. The van der Waals surface area contributed by atoms with E-state index >= 15 is 0 Å². The van der Waals surface area contributed by atoms with E-state index in [1.165, 1.54) is 18.7 Å². The number of likely N-dealkylation sites (N-methyl/N-ethyl adjacent to an activating group) is 1. The van der Waals surface area contributed by atoms with E-state index in [2.05, 4.69) is 0 Å². The molecule has 1 aromatic rings. The number of ether oxygens (including phenoxy) is 1. The summed E-state index contributed by atoms with van der Waals surface area (Å²) in [4.78, 5) is 38.1. The van der Waals surface area contributed by atoms with Crippen molar-refractivity contribution in [2.24, 2.45) is 0 Å². The topological polar surface area (TPSA) is 66.9 Å². The maximum atomic E-state index is 12.2. The second-order valence-corrected chi connectivity index (χ2v) is 6.09. The van der Waals surface area contributed by atoms with Crippen molar-refractivity contribution in [2.45, 2.75) is 26.0 Å². The minimum Gasteiger partial charge on any atom is -0.433 e. The fourth-order valence-corrected chi connectivity index (χ4v) is 2.33. The Hall–Kier alpha value is -2.08. The number of carbonyl (C=O) groups is 3. The third kappa shape index (κ3) is 3.39. The van der Waals surface area contributed by atoms with Crippen LogP contribution in [0.2, 0.25) is 5.02 Å². The van der Waals surface area contributed by atoms with Gasteiger partial charge in [-0.15, -0.1) is 0 Å². The summed E-state index contributed by atoms with van der Waals surface area (Å²) in [6.45, 7) is 2.98. The predicted molar refractivity (Wildman–Crippen MR) is 80.2 cm³/mol. The summed E-state index contributed by atoms with van der Waals surface area (Å²) in [7, 11) is 1.60. The first kappa shape index (κ1) is 16.3. The molecule has 7 heteroatoms. The van der Waals surface area contributed by atoms with Gasteiger partial charge in [-0.2, -0.15) is 0 Å². The standard InChI is InChI=1S/C15H17ClN2O4/c1-15(2)13(20)18(14(21)22-15)9-12(19)17(3)8-10-5-4-6-11(16)7-10/h4-7H,8-9H2,1-3H3. The molecule has 1 fully saturated rings. The lowest BCUT2D eigenvalue weighted by Gasteiger charge is -2.20. The van der Waals surface area contributed by atoms with Gasteiger partial charge in [0.15, 0.2) is 5.60 Å². The molecule has 0 saturated carbocycles. The normalized spacial score (nSPS) is 16.6. The van der Waals surface area contributed by atoms with Crippen molar-refractivity contribution < 1.29 is 19.1 Å². The predicted octanol–water partition coefficient (Wildman–Crippen LogP) is 2.06. The number of hydrogen-bond donors (Lipinski definition) is 0. The summed E-state index contributed by atoms with van der Waals surface area (Å²) in [5.41, 5.74) is -0.359. The van der Waals surface area contributed by atoms with Crippen LogP contribution in [-0.4, -0.2) is 46.9 Å². The molecule has 1 heterocycles. The monoisotopic (exact) mass is 324 g/mol. The lowest BCUT2D eigenvalue weighted by molar-refractivity contribution is -0.139. The Morgan fingerprint density at radius 2 is 2.05 bits per heavy atom. The van der Waals surface area contributed by atoms with Crippen molar-refractivity contribution >= 4 is 29.5 Å². The molecule has 0 aliphatic carbocycles. The molecule has 3 amide bonds. The number of carbonyl (C=O) groups excluding carboxylic acids is 3. The third-order valence-electron chi connectivity index (χ3n) is 3.35. The van der Waals surface area contributed by atoms with Crippen LogP contribution in [0.1, 0.15) is 19.4 Å². The van der Waals surface area contributed by atoms with Gasteiger partial charge in [0.2, 0.25) is 5.91 Å². The molecule has 6 nitrogen and oxygen atoms in total. The van der Waals surface area contributed by atoms with Crippen LogP contribution in [0.25, 0.3) is 0 Å². The largest absolute Gasteiger partial charge is 0.433 e. The molecule has 0 N–H and O–H groups in total. The number of rotatable bonds is 4. The fourth-order valence-electron chi connectivity index (χ4n) is 2.11. The van der Waals surface area contributed by atoms with E-state index in [4.69, 9.17) is 16.3 Å². The molecule has 2 rings (SSSR count). The van der Waals surface area contributed by atoms with Gasteiger partial charge in [0.05, 0.1) is 0 Å². The van der Waals surface area contributed by atoms with Crippen LogP contribution in [0.4, 0.5) is 4.79 Å². The van der Waals surface area contributed by atoms with Crippen molar-refractivity contribution in [3.63, 3.8) is 0 Å². The SMILES string of the molecule is CN(Cc1cccc(Cl)c1)C(=O)CN1C(=O)OC(C)(C)C1=O.